The van der Waals surface area contributed by atoms with Crippen LogP contribution in [0, 0.1) is 10.1 Å². The van der Waals surface area contributed by atoms with E-state index in [1.807, 2.05) is 12.1 Å². The van der Waals surface area contributed by atoms with Crippen molar-refractivity contribution >= 4 is 11.5 Å². The first-order valence-electron chi connectivity index (χ1n) is 6.20. The maximum absolute atomic E-state index is 10.9. The number of pyridine rings is 1. The van der Waals surface area contributed by atoms with Gasteiger partial charge in [0.05, 0.1) is 19.1 Å². The third kappa shape index (κ3) is 3.19. The summed E-state index contributed by atoms with van der Waals surface area (Å²) in [6, 6.07) is 8.38. The van der Waals surface area contributed by atoms with Crippen LogP contribution in [0.15, 0.2) is 36.5 Å². The van der Waals surface area contributed by atoms with E-state index in [1.165, 1.54) is 18.3 Å². The summed E-state index contributed by atoms with van der Waals surface area (Å²) >= 11 is 0. The molecular formula is C14H15N3O4. The Bertz CT molecular complexity index is 646. The molecule has 0 saturated carbocycles. The van der Waals surface area contributed by atoms with Crippen LogP contribution in [0.3, 0.4) is 0 Å². The van der Waals surface area contributed by atoms with E-state index < -0.39 is 4.92 Å². The smallest absolute Gasteiger partial charge is 0.311 e. The lowest BCUT2D eigenvalue weighted by Crippen LogP contribution is -2.06. The first-order chi connectivity index (χ1) is 10.2. The van der Waals surface area contributed by atoms with E-state index in [-0.39, 0.29) is 11.5 Å². The lowest BCUT2D eigenvalue weighted by molar-refractivity contribution is -0.384. The second kappa shape index (κ2) is 6.56. The number of para-hydroxylation sites is 1. The average Bonchev–Trinajstić information content (AvgIpc) is 2.52. The fourth-order valence-electron chi connectivity index (χ4n) is 1.95. The molecule has 1 heterocycles. The van der Waals surface area contributed by atoms with Crippen LogP contribution in [0.1, 0.15) is 5.56 Å². The first-order valence-corrected chi connectivity index (χ1v) is 6.20. The van der Waals surface area contributed by atoms with E-state index in [1.54, 1.807) is 20.3 Å². The van der Waals surface area contributed by atoms with E-state index in [4.69, 9.17) is 9.47 Å². The fraction of sp³-hybridized carbons (Fsp3) is 0.214. The summed E-state index contributed by atoms with van der Waals surface area (Å²) in [5.41, 5.74) is 0.746. The zero-order valence-corrected chi connectivity index (χ0v) is 11.7. The number of hydrogen-bond acceptors (Lipinski definition) is 6. The number of nitro groups is 1. The molecule has 0 aliphatic heterocycles. The monoisotopic (exact) mass is 289 g/mol. The van der Waals surface area contributed by atoms with Crippen molar-refractivity contribution in [2.45, 2.75) is 6.54 Å². The highest BCUT2D eigenvalue weighted by atomic mass is 16.6. The van der Waals surface area contributed by atoms with Crippen molar-refractivity contribution in [3.05, 3.63) is 52.2 Å². The zero-order chi connectivity index (χ0) is 15.2. The topological polar surface area (TPSA) is 86.5 Å². The molecule has 0 spiro atoms. The standard InChI is InChI=1S/C14H15N3O4/c1-20-12-7-3-5-10(13(12)21-2)9-16-14-11(17(18)19)6-4-8-15-14/h3-8H,9H2,1-2H3,(H,15,16). The summed E-state index contributed by atoms with van der Waals surface area (Å²) in [7, 11) is 3.10. The number of aromatic nitrogens is 1. The molecule has 21 heavy (non-hydrogen) atoms. The van der Waals surface area contributed by atoms with Gasteiger partial charge in [-0.05, 0) is 12.1 Å². The molecule has 1 N–H and O–H groups in total. The lowest BCUT2D eigenvalue weighted by atomic mass is 10.2. The van der Waals surface area contributed by atoms with Crippen molar-refractivity contribution < 1.29 is 14.4 Å². The minimum atomic E-state index is -0.474. The van der Waals surface area contributed by atoms with Crippen molar-refractivity contribution in [1.82, 2.24) is 4.98 Å². The molecule has 110 valence electrons. The van der Waals surface area contributed by atoms with Crippen LogP contribution in [0.4, 0.5) is 11.5 Å². The molecule has 2 rings (SSSR count). The Morgan fingerprint density at radius 3 is 2.71 bits per heavy atom. The number of anilines is 1. The molecule has 0 saturated heterocycles. The molecule has 1 aromatic carbocycles. The summed E-state index contributed by atoms with van der Waals surface area (Å²) in [6.45, 7) is 0.332. The van der Waals surface area contributed by atoms with Gasteiger partial charge in [-0.15, -0.1) is 0 Å². The van der Waals surface area contributed by atoms with Gasteiger partial charge < -0.3 is 14.8 Å². The van der Waals surface area contributed by atoms with Gasteiger partial charge in [-0.25, -0.2) is 4.98 Å². The minimum Gasteiger partial charge on any atom is -0.493 e. The molecule has 0 aliphatic rings. The van der Waals surface area contributed by atoms with Crippen LogP contribution in [0.5, 0.6) is 11.5 Å². The number of nitrogens with zero attached hydrogens (tertiary/aromatic N) is 2. The van der Waals surface area contributed by atoms with E-state index in [0.717, 1.165) is 5.56 Å². The number of benzene rings is 1. The van der Waals surface area contributed by atoms with E-state index in [9.17, 15) is 10.1 Å². The Balaban J connectivity index is 2.23. The number of hydrogen-bond donors (Lipinski definition) is 1. The highest BCUT2D eigenvalue weighted by Gasteiger charge is 2.15. The second-order valence-electron chi connectivity index (χ2n) is 4.13. The molecule has 0 atom stereocenters. The molecule has 2 aromatic rings. The van der Waals surface area contributed by atoms with Gasteiger partial charge in [-0.3, -0.25) is 10.1 Å². The van der Waals surface area contributed by atoms with Crippen LogP contribution in [0.25, 0.3) is 0 Å². The molecule has 7 heteroatoms. The minimum absolute atomic E-state index is 0.0700. The summed E-state index contributed by atoms with van der Waals surface area (Å²) in [4.78, 5) is 14.5. The van der Waals surface area contributed by atoms with Crippen LogP contribution < -0.4 is 14.8 Å². The predicted octanol–water partition coefficient (Wildman–Crippen LogP) is 2.62. The van der Waals surface area contributed by atoms with Crippen molar-refractivity contribution in [2.24, 2.45) is 0 Å². The van der Waals surface area contributed by atoms with E-state index in [0.29, 0.717) is 18.0 Å². The highest BCUT2D eigenvalue weighted by molar-refractivity contribution is 5.56. The lowest BCUT2D eigenvalue weighted by Gasteiger charge is -2.13. The number of nitrogens with one attached hydrogen (secondary N) is 1. The Morgan fingerprint density at radius 1 is 1.24 bits per heavy atom. The fourth-order valence-corrected chi connectivity index (χ4v) is 1.95. The molecule has 0 unspecified atom stereocenters. The average molecular weight is 289 g/mol. The van der Waals surface area contributed by atoms with Crippen LogP contribution in [0.2, 0.25) is 0 Å². The Hall–Kier alpha value is -2.83. The molecule has 0 amide bonds. The third-order valence-electron chi connectivity index (χ3n) is 2.91. The van der Waals surface area contributed by atoms with Crippen molar-refractivity contribution in [3.8, 4) is 11.5 Å². The molecule has 0 fully saturated rings. The van der Waals surface area contributed by atoms with Gasteiger partial charge in [0, 0.05) is 24.4 Å². The van der Waals surface area contributed by atoms with Gasteiger partial charge in [0.15, 0.2) is 11.5 Å². The van der Waals surface area contributed by atoms with Gasteiger partial charge in [-0.1, -0.05) is 12.1 Å². The van der Waals surface area contributed by atoms with Gasteiger partial charge in [0.2, 0.25) is 5.82 Å². The van der Waals surface area contributed by atoms with Crippen molar-refractivity contribution in [3.63, 3.8) is 0 Å². The van der Waals surface area contributed by atoms with E-state index in [2.05, 4.69) is 10.3 Å². The number of rotatable bonds is 6. The van der Waals surface area contributed by atoms with Gasteiger partial charge in [0.25, 0.3) is 0 Å². The van der Waals surface area contributed by atoms with Crippen LogP contribution in [-0.4, -0.2) is 24.1 Å². The molecule has 0 bridgehead atoms. The summed E-state index contributed by atoms with van der Waals surface area (Å²) in [5.74, 6) is 1.41. The largest absolute Gasteiger partial charge is 0.493 e. The maximum Gasteiger partial charge on any atom is 0.311 e. The zero-order valence-electron chi connectivity index (χ0n) is 11.7. The molecule has 0 radical (unpaired) electrons. The molecule has 0 aliphatic carbocycles. The predicted molar refractivity (Wildman–Crippen MR) is 77.8 cm³/mol. The van der Waals surface area contributed by atoms with E-state index >= 15 is 0 Å². The maximum atomic E-state index is 10.9. The Kier molecular flexibility index (Phi) is 4.55. The molecule has 1 aromatic heterocycles. The SMILES string of the molecule is COc1cccc(CNc2ncccc2[N+](=O)[O-])c1OC. The van der Waals surface area contributed by atoms with Gasteiger partial charge >= 0.3 is 5.69 Å². The Morgan fingerprint density at radius 2 is 2.05 bits per heavy atom. The third-order valence-corrected chi connectivity index (χ3v) is 2.91. The number of ether oxygens (including phenoxy) is 2. The van der Waals surface area contributed by atoms with Crippen molar-refractivity contribution in [1.29, 1.82) is 0 Å². The summed E-state index contributed by atoms with van der Waals surface area (Å²) in [6.07, 6.45) is 1.50. The summed E-state index contributed by atoms with van der Waals surface area (Å²) in [5, 5.41) is 13.9. The van der Waals surface area contributed by atoms with Crippen LogP contribution >= 0.6 is 0 Å². The molecule has 7 nitrogen and oxygen atoms in total. The second-order valence-corrected chi connectivity index (χ2v) is 4.13. The quantitative estimate of drug-likeness (QED) is 0.649. The molecular weight excluding hydrogens is 274 g/mol. The van der Waals surface area contributed by atoms with Crippen molar-refractivity contribution in [2.75, 3.05) is 19.5 Å². The van der Waals surface area contributed by atoms with Gasteiger partial charge in [0.1, 0.15) is 0 Å². The van der Waals surface area contributed by atoms with Crippen LogP contribution in [-0.2, 0) is 6.54 Å². The summed E-state index contributed by atoms with van der Waals surface area (Å²) < 4.78 is 10.5. The normalized spacial score (nSPS) is 10.0. The number of methoxy groups -OCH3 is 2. The van der Waals surface area contributed by atoms with Gasteiger partial charge in [-0.2, -0.15) is 0 Å². The highest BCUT2D eigenvalue weighted by Crippen LogP contribution is 2.31. The first kappa shape index (κ1) is 14.6. The Labute approximate surface area is 121 Å².